The second-order valence-electron chi connectivity index (χ2n) is 5.99. The summed E-state index contributed by atoms with van der Waals surface area (Å²) in [6.45, 7) is 2.76. The van der Waals surface area contributed by atoms with Gasteiger partial charge in [0.2, 0.25) is 0 Å². The predicted octanol–water partition coefficient (Wildman–Crippen LogP) is 2.97. The van der Waals surface area contributed by atoms with Gasteiger partial charge < -0.3 is 4.90 Å². The smallest absolute Gasteiger partial charge is 0.254 e. The molecule has 20 heavy (non-hydrogen) atoms. The van der Waals surface area contributed by atoms with E-state index in [0.29, 0.717) is 12.2 Å². The standard InChI is InChI=1S/C17H21NO2/c1-12-6-2-3-7-13(12)17(20)18-11-5-9-15(18)14-8-4-10-16(14)19/h2-3,6-7,14-15H,4-5,8-11H2,1H3. The third-order valence-corrected chi connectivity index (χ3v) is 4.75. The second kappa shape index (κ2) is 5.39. The Morgan fingerprint density at radius 2 is 2.00 bits per heavy atom. The van der Waals surface area contributed by atoms with Gasteiger partial charge in [-0.1, -0.05) is 18.2 Å². The third-order valence-electron chi connectivity index (χ3n) is 4.75. The van der Waals surface area contributed by atoms with Gasteiger partial charge in [0, 0.05) is 30.5 Å². The highest BCUT2D eigenvalue weighted by Gasteiger charge is 2.40. The molecular weight excluding hydrogens is 250 g/mol. The summed E-state index contributed by atoms with van der Waals surface area (Å²) in [4.78, 5) is 26.7. The molecule has 2 unspecified atom stereocenters. The van der Waals surface area contributed by atoms with E-state index in [-0.39, 0.29) is 17.9 Å². The minimum absolute atomic E-state index is 0.0884. The lowest BCUT2D eigenvalue weighted by molar-refractivity contribution is -0.121. The van der Waals surface area contributed by atoms with E-state index in [4.69, 9.17) is 0 Å². The van der Waals surface area contributed by atoms with Crippen molar-refractivity contribution in [1.82, 2.24) is 4.90 Å². The average Bonchev–Trinajstić information content (AvgIpc) is 3.06. The fraction of sp³-hybridized carbons (Fsp3) is 0.529. The normalized spacial score (nSPS) is 26.2. The molecule has 1 aliphatic heterocycles. The maximum absolute atomic E-state index is 12.8. The highest BCUT2D eigenvalue weighted by molar-refractivity contribution is 5.96. The number of nitrogens with zero attached hydrogens (tertiary/aromatic N) is 1. The molecule has 1 saturated carbocycles. The monoisotopic (exact) mass is 271 g/mol. The number of rotatable bonds is 2. The largest absolute Gasteiger partial charge is 0.335 e. The lowest BCUT2D eigenvalue weighted by Crippen LogP contribution is -2.41. The molecule has 1 saturated heterocycles. The number of likely N-dealkylation sites (tertiary alicyclic amines) is 1. The van der Waals surface area contributed by atoms with Gasteiger partial charge in [-0.05, 0) is 44.2 Å². The summed E-state index contributed by atoms with van der Waals surface area (Å²) < 4.78 is 0. The van der Waals surface area contributed by atoms with E-state index in [9.17, 15) is 9.59 Å². The summed E-state index contributed by atoms with van der Waals surface area (Å²) in [5, 5.41) is 0. The zero-order chi connectivity index (χ0) is 14.1. The van der Waals surface area contributed by atoms with Crippen LogP contribution in [0.15, 0.2) is 24.3 Å². The molecule has 2 aliphatic rings. The molecule has 1 heterocycles. The molecule has 0 radical (unpaired) electrons. The first-order chi connectivity index (χ1) is 9.68. The Hall–Kier alpha value is -1.64. The molecule has 0 aromatic heterocycles. The average molecular weight is 271 g/mol. The van der Waals surface area contributed by atoms with Crippen molar-refractivity contribution in [2.24, 2.45) is 5.92 Å². The summed E-state index contributed by atoms with van der Waals surface area (Å²) in [6, 6.07) is 7.86. The molecule has 106 valence electrons. The fourth-order valence-corrected chi connectivity index (χ4v) is 3.68. The minimum Gasteiger partial charge on any atom is -0.335 e. The molecule has 3 heteroatoms. The number of ketones is 1. The quantitative estimate of drug-likeness (QED) is 0.829. The fourth-order valence-electron chi connectivity index (χ4n) is 3.68. The number of aryl methyl sites for hydroxylation is 1. The number of amides is 1. The van der Waals surface area contributed by atoms with Crippen LogP contribution in [0.25, 0.3) is 0 Å². The number of benzene rings is 1. The van der Waals surface area contributed by atoms with Gasteiger partial charge in [-0.25, -0.2) is 0 Å². The number of hydrogen-bond acceptors (Lipinski definition) is 2. The van der Waals surface area contributed by atoms with Gasteiger partial charge in [-0.2, -0.15) is 0 Å². The van der Waals surface area contributed by atoms with Gasteiger partial charge in [0.15, 0.2) is 0 Å². The molecule has 3 rings (SSSR count). The summed E-state index contributed by atoms with van der Waals surface area (Å²) in [5.74, 6) is 0.551. The van der Waals surface area contributed by atoms with E-state index >= 15 is 0 Å². The van der Waals surface area contributed by atoms with Gasteiger partial charge in [-0.3, -0.25) is 9.59 Å². The minimum atomic E-state index is 0.0884. The van der Waals surface area contributed by atoms with Crippen LogP contribution in [-0.4, -0.2) is 29.2 Å². The van der Waals surface area contributed by atoms with Crippen LogP contribution in [0.5, 0.6) is 0 Å². The number of Topliss-reactive ketones (excluding diaryl/α,β-unsaturated/α-hetero) is 1. The molecule has 1 aliphatic carbocycles. The Balaban J connectivity index is 1.83. The summed E-state index contributed by atoms with van der Waals surface area (Å²) in [5.41, 5.74) is 1.80. The van der Waals surface area contributed by atoms with Crippen LogP contribution in [0.4, 0.5) is 0 Å². The van der Waals surface area contributed by atoms with Crippen molar-refractivity contribution in [1.29, 1.82) is 0 Å². The number of carbonyl (C=O) groups is 2. The van der Waals surface area contributed by atoms with Crippen LogP contribution < -0.4 is 0 Å². The maximum Gasteiger partial charge on any atom is 0.254 e. The summed E-state index contributed by atoms with van der Waals surface area (Å²) in [7, 11) is 0. The van der Waals surface area contributed by atoms with E-state index in [2.05, 4.69) is 0 Å². The maximum atomic E-state index is 12.8. The Morgan fingerprint density at radius 3 is 2.70 bits per heavy atom. The van der Waals surface area contributed by atoms with Crippen molar-refractivity contribution >= 4 is 11.7 Å². The molecule has 1 amide bonds. The first-order valence-electron chi connectivity index (χ1n) is 7.58. The van der Waals surface area contributed by atoms with E-state index in [1.165, 1.54) is 0 Å². The van der Waals surface area contributed by atoms with Crippen molar-refractivity contribution in [2.45, 2.75) is 45.1 Å². The molecule has 2 atom stereocenters. The van der Waals surface area contributed by atoms with Crippen LogP contribution in [0.3, 0.4) is 0 Å². The second-order valence-corrected chi connectivity index (χ2v) is 5.99. The Labute approximate surface area is 120 Å². The summed E-state index contributed by atoms with van der Waals surface area (Å²) >= 11 is 0. The Morgan fingerprint density at radius 1 is 1.20 bits per heavy atom. The molecule has 1 aromatic carbocycles. The first-order valence-corrected chi connectivity index (χ1v) is 7.58. The van der Waals surface area contributed by atoms with Gasteiger partial charge in [0.1, 0.15) is 5.78 Å². The SMILES string of the molecule is Cc1ccccc1C(=O)N1CCCC1C1CCCC1=O. The van der Waals surface area contributed by atoms with Crippen LogP contribution in [0.1, 0.15) is 48.0 Å². The molecule has 0 spiro atoms. The van der Waals surface area contributed by atoms with Crippen molar-refractivity contribution in [3.05, 3.63) is 35.4 Å². The number of hydrogen-bond donors (Lipinski definition) is 0. The van der Waals surface area contributed by atoms with Crippen LogP contribution in [-0.2, 0) is 4.79 Å². The number of carbonyl (C=O) groups excluding carboxylic acids is 2. The Bertz CT molecular complexity index is 538. The molecule has 2 fully saturated rings. The highest BCUT2D eigenvalue weighted by atomic mass is 16.2. The topological polar surface area (TPSA) is 37.4 Å². The van der Waals surface area contributed by atoms with E-state index in [1.54, 1.807) is 0 Å². The van der Waals surface area contributed by atoms with Crippen LogP contribution >= 0.6 is 0 Å². The Kier molecular flexibility index (Phi) is 3.60. The van der Waals surface area contributed by atoms with Crippen molar-refractivity contribution < 1.29 is 9.59 Å². The van der Waals surface area contributed by atoms with Crippen molar-refractivity contribution in [2.75, 3.05) is 6.54 Å². The molecule has 3 nitrogen and oxygen atoms in total. The van der Waals surface area contributed by atoms with E-state index in [1.807, 2.05) is 36.1 Å². The zero-order valence-electron chi connectivity index (χ0n) is 12.0. The lowest BCUT2D eigenvalue weighted by Gasteiger charge is -2.29. The molecule has 1 aromatic rings. The van der Waals surface area contributed by atoms with Crippen molar-refractivity contribution in [3.8, 4) is 0 Å². The van der Waals surface area contributed by atoms with E-state index < -0.39 is 0 Å². The third kappa shape index (κ3) is 2.26. The molecule has 0 bridgehead atoms. The van der Waals surface area contributed by atoms with Crippen molar-refractivity contribution in [3.63, 3.8) is 0 Å². The lowest BCUT2D eigenvalue weighted by atomic mass is 9.94. The van der Waals surface area contributed by atoms with E-state index in [0.717, 1.165) is 43.4 Å². The molecule has 0 N–H and O–H groups in total. The summed E-state index contributed by atoms with van der Waals surface area (Å²) in [6.07, 6.45) is 4.65. The highest BCUT2D eigenvalue weighted by Crippen LogP contribution is 2.34. The van der Waals surface area contributed by atoms with Gasteiger partial charge in [-0.15, -0.1) is 0 Å². The van der Waals surface area contributed by atoms with Gasteiger partial charge in [0.05, 0.1) is 0 Å². The molecular formula is C17H21NO2. The first kappa shape index (κ1) is 13.3. The van der Waals surface area contributed by atoms with Crippen LogP contribution in [0, 0.1) is 12.8 Å². The van der Waals surface area contributed by atoms with Crippen LogP contribution in [0.2, 0.25) is 0 Å². The zero-order valence-corrected chi connectivity index (χ0v) is 12.0. The van der Waals surface area contributed by atoms with Gasteiger partial charge >= 0.3 is 0 Å². The predicted molar refractivity (Wildman–Crippen MR) is 77.6 cm³/mol. The van der Waals surface area contributed by atoms with Gasteiger partial charge in [0.25, 0.3) is 5.91 Å².